The molecule has 1 aliphatic rings. The van der Waals surface area contributed by atoms with Crippen LogP contribution in [0.25, 0.3) is 11.3 Å². The summed E-state index contributed by atoms with van der Waals surface area (Å²) in [5, 5.41) is 38.6. The second kappa shape index (κ2) is 8.63. The molecule has 2 heterocycles. The minimum Gasteiger partial charge on any atom is -0.462 e. The van der Waals surface area contributed by atoms with Crippen molar-refractivity contribution in [3.63, 3.8) is 0 Å². The van der Waals surface area contributed by atoms with Gasteiger partial charge >= 0.3 is 0 Å². The van der Waals surface area contributed by atoms with Crippen molar-refractivity contribution in [3.8, 4) is 17.0 Å². The Morgan fingerprint density at radius 3 is 2.35 bits per heavy atom. The monoisotopic (exact) mass is 437 g/mol. The first-order valence-electron chi connectivity index (χ1n) is 9.30. The second-order valence-electron chi connectivity index (χ2n) is 6.97. The van der Waals surface area contributed by atoms with Gasteiger partial charge in [0.25, 0.3) is 0 Å². The third kappa shape index (κ3) is 4.12. The maximum absolute atomic E-state index is 13.6. The number of halogens is 3. The quantitative estimate of drug-likeness (QED) is 0.518. The Hall–Kier alpha value is -2.99. The predicted octanol–water partition coefficient (Wildman–Crippen LogP) is 1.42. The molecule has 1 aromatic heterocycles. The van der Waals surface area contributed by atoms with E-state index in [0.29, 0.717) is 5.75 Å². The summed E-state index contributed by atoms with van der Waals surface area (Å²) >= 11 is 0. The Kier molecular flexibility index (Phi) is 5.92. The van der Waals surface area contributed by atoms with Crippen molar-refractivity contribution in [1.82, 2.24) is 15.0 Å². The number of aliphatic hydroxyl groups is 3. The molecule has 3 aromatic rings. The van der Waals surface area contributed by atoms with E-state index in [4.69, 9.17) is 9.47 Å². The van der Waals surface area contributed by atoms with Crippen molar-refractivity contribution in [1.29, 1.82) is 0 Å². The first kappa shape index (κ1) is 21.2. The van der Waals surface area contributed by atoms with E-state index >= 15 is 0 Å². The van der Waals surface area contributed by atoms with Crippen LogP contribution in [0.15, 0.2) is 48.7 Å². The zero-order chi connectivity index (χ0) is 22.1. The van der Waals surface area contributed by atoms with Crippen LogP contribution < -0.4 is 4.74 Å². The lowest BCUT2D eigenvalue weighted by molar-refractivity contribution is -0.260. The van der Waals surface area contributed by atoms with Gasteiger partial charge in [0.1, 0.15) is 35.8 Å². The van der Waals surface area contributed by atoms with Crippen molar-refractivity contribution < 1.29 is 38.0 Å². The highest BCUT2D eigenvalue weighted by Gasteiger charge is 2.47. The molecule has 4 rings (SSSR count). The Bertz CT molecular complexity index is 1030. The van der Waals surface area contributed by atoms with Crippen LogP contribution in [0.5, 0.6) is 5.75 Å². The minimum absolute atomic E-state index is 0.0234. The van der Waals surface area contributed by atoms with Crippen LogP contribution >= 0.6 is 0 Å². The van der Waals surface area contributed by atoms with Gasteiger partial charge in [0, 0.05) is 5.56 Å². The van der Waals surface area contributed by atoms with Crippen LogP contribution in [0.1, 0.15) is 6.04 Å². The van der Waals surface area contributed by atoms with Crippen molar-refractivity contribution in [2.45, 2.75) is 30.6 Å². The minimum atomic E-state index is -1.61. The molecule has 1 fully saturated rings. The molecule has 1 saturated heterocycles. The topological polar surface area (TPSA) is 110 Å². The lowest BCUT2D eigenvalue weighted by Gasteiger charge is -2.41. The molecular weight excluding hydrogens is 419 g/mol. The summed E-state index contributed by atoms with van der Waals surface area (Å²) in [6, 6.07) is 8.80. The maximum Gasteiger partial charge on any atom is 0.228 e. The van der Waals surface area contributed by atoms with Crippen molar-refractivity contribution in [3.05, 3.63) is 66.1 Å². The number of aromatic nitrogens is 3. The number of para-hydroxylation sites is 1. The van der Waals surface area contributed by atoms with E-state index < -0.39 is 54.7 Å². The van der Waals surface area contributed by atoms with E-state index in [1.165, 1.54) is 6.20 Å². The SMILES string of the molecule is OCC1O[C@H](Oc2ccccc2)C(O)[C@@H](n2cc(-c3cc(F)c(F)c(F)c3)nn2)[C@H]1O. The highest BCUT2D eigenvalue weighted by molar-refractivity contribution is 5.57. The summed E-state index contributed by atoms with van der Waals surface area (Å²) in [4.78, 5) is 0. The lowest BCUT2D eigenvalue weighted by Crippen LogP contribution is -2.57. The molecule has 0 amide bonds. The molecule has 0 bridgehead atoms. The van der Waals surface area contributed by atoms with Gasteiger partial charge in [-0.1, -0.05) is 23.4 Å². The maximum atomic E-state index is 13.6. The largest absolute Gasteiger partial charge is 0.462 e. The third-order valence-corrected chi connectivity index (χ3v) is 4.94. The Morgan fingerprint density at radius 2 is 1.71 bits per heavy atom. The Morgan fingerprint density at radius 1 is 1.03 bits per heavy atom. The summed E-state index contributed by atoms with van der Waals surface area (Å²) in [7, 11) is 0. The number of nitrogens with zero attached hydrogens (tertiary/aromatic N) is 3. The van der Waals surface area contributed by atoms with E-state index in [-0.39, 0.29) is 11.3 Å². The molecule has 164 valence electrons. The van der Waals surface area contributed by atoms with Gasteiger partial charge in [0.15, 0.2) is 17.5 Å². The van der Waals surface area contributed by atoms with Crippen LogP contribution in [0.4, 0.5) is 13.2 Å². The Balaban J connectivity index is 1.64. The number of aliphatic hydroxyl groups excluding tert-OH is 3. The standard InChI is InChI=1S/C20H18F3N3O5/c21-12-6-10(7-13(22)16(12)23)14-8-26(25-24-14)17-18(28)15(9-27)31-20(19(17)29)30-11-4-2-1-3-5-11/h1-8,15,17-20,27-29H,9H2/t15?,17-,18-,19?,20-/m0/s1. The fourth-order valence-corrected chi connectivity index (χ4v) is 3.37. The van der Waals surface area contributed by atoms with Gasteiger partial charge in [-0.25, -0.2) is 17.9 Å². The molecule has 2 unspecified atom stereocenters. The van der Waals surface area contributed by atoms with Gasteiger partial charge in [-0.2, -0.15) is 0 Å². The van der Waals surface area contributed by atoms with Crippen LogP contribution in [0.2, 0.25) is 0 Å². The van der Waals surface area contributed by atoms with Gasteiger partial charge in [-0.3, -0.25) is 0 Å². The van der Waals surface area contributed by atoms with Crippen molar-refractivity contribution in [2.75, 3.05) is 6.61 Å². The molecule has 2 aromatic carbocycles. The van der Waals surface area contributed by atoms with E-state index in [1.807, 2.05) is 0 Å². The molecule has 0 saturated carbocycles. The summed E-state index contributed by atoms with van der Waals surface area (Å²) in [5.41, 5.74) is -0.112. The normalized spacial score (nSPS) is 26.1. The molecule has 1 aliphatic heterocycles. The van der Waals surface area contributed by atoms with Gasteiger partial charge in [-0.15, -0.1) is 5.10 Å². The van der Waals surface area contributed by atoms with E-state index in [0.717, 1.165) is 16.8 Å². The highest BCUT2D eigenvalue weighted by atomic mass is 19.2. The van der Waals surface area contributed by atoms with Crippen LogP contribution in [0.3, 0.4) is 0 Å². The molecule has 31 heavy (non-hydrogen) atoms. The molecule has 0 radical (unpaired) electrons. The van der Waals surface area contributed by atoms with Crippen molar-refractivity contribution >= 4 is 0 Å². The number of benzene rings is 2. The number of hydrogen-bond donors (Lipinski definition) is 3. The zero-order valence-corrected chi connectivity index (χ0v) is 15.8. The Labute approximate surface area is 174 Å². The molecule has 11 heteroatoms. The summed E-state index contributed by atoms with van der Waals surface area (Å²) < 4.78 is 52.5. The van der Waals surface area contributed by atoms with Crippen LogP contribution in [0, 0.1) is 17.5 Å². The van der Waals surface area contributed by atoms with Crippen molar-refractivity contribution in [2.24, 2.45) is 0 Å². The third-order valence-electron chi connectivity index (χ3n) is 4.94. The van der Waals surface area contributed by atoms with Crippen LogP contribution in [-0.4, -0.2) is 61.5 Å². The second-order valence-corrected chi connectivity index (χ2v) is 6.97. The van der Waals surface area contributed by atoms with E-state index in [1.54, 1.807) is 30.3 Å². The first-order valence-corrected chi connectivity index (χ1v) is 9.30. The zero-order valence-electron chi connectivity index (χ0n) is 15.8. The molecule has 8 nitrogen and oxygen atoms in total. The molecule has 5 atom stereocenters. The van der Waals surface area contributed by atoms with Crippen LogP contribution in [-0.2, 0) is 4.74 Å². The van der Waals surface area contributed by atoms with Gasteiger partial charge in [0.05, 0.1) is 12.8 Å². The van der Waals surface area contributed by atoms with E-state index in [9.17, 15) is 28.5 Å². The lowest BCUT2D eigenvalue weighted by atomic mass is 9.96. The molecule has 3 N–H and O–H groups in total. The summed E-state index contributed by atoms with van der Waals surface area (Å²) in [5.74, 6) is -4.02. The number of hydrogen-bond acceptors (Lipinski definition) is 7. The molecule has 0 aliphatic carbocycles. The molecule has 0 spiro atoms. The number of ether oxygens (including phenoxy) is 2. The van der Waals surface area contributed by atoms with Gasteiger partial charge < -0.3 is 24.8 Å². The average Bonchev–Trinajstić information content (AvgIpc) is 3.24. The molecular formula is C20H18F3N3O5. The summed E-state index contributed by atoms with van der Waals surface area (Å²) in [6.07, 6.45) is -4.01. The summed E-state index contributed by atoms with van der Waals surface area (Å²) in [6.45, 7) is -0.574. The fraction of sp³-hybridized carbons (Fsp3) is 0.300. The van der Waals surface area contributed by atoms with Gasteiger partial charge in [0.2, 0.25) is 6.29 Å². The average molecular weight is 437 g/mol. The highest BCUT2D eigenvalue weighted by Crippen LogP contribution is 2.32. The first-order chi connectivity index (χ1) is 14.9. The number of rotatable bonds is 5. The van der Waals surface area contributed by atoms with E-state index in [2.05, 4.69) is 10.3 Å². The van der Waals surface area contributed by atoms with Gasteiger partial charge in [-0.05, 0) is 24.3 Å². The smallest absolute Gasteiger partial charge is 0.228 e. The fourth-order valence-electron chi connectivity index (χ4n) is 3.37. The predicted molar refractivity (Wildman–Crippen MR) is 99.2 cm³/mol.